The largest absolute Gasteiger partial charge is 0.445 e. The van der Waals surface area contributed by atoms with Crippen LogP contribution in [0.4, 0.5) is 4.79 Å². The number of hydrogen-bond donors (Lipinski definition) is 2. The summed E-state index contributed by atoms with van der Waals surface area (Å²) in [7, 11) is 2.12. The highest BCUT2D eigenvalue weighted by atomic mass is 32.1. The number of hydrogen-bond acceptors (Lipinski definition) is 4. The van der Waals surface area contributed by atoms with E-state index in [1.54, 1.807) is 0 Å². The number of ether oxygens (including phenoxy) is 1. The second kappa shape index (κ2) is 4.45. The molecular formula is C11H22N2O2S. The van der Waals surface area contributed by atoms with Crippen molar-refractivity contribution in [3.63, 3.8) is 0 Å². The molecule has 1 amide bonds. The maximum Gasteiger partial charge on any atom is 0.417 e. The average Bonchev–Trinajstić information content (AvgIpc) is 2.13. The van der Waals surface area contributed by atoms with Gasteiger partial charge in [0.25, 0.3) is 0 Å². The Kier molecular flexibility index (Phi) is 3.80. The van der Waals surface area contributed by atoms with Crippen molar-refractivity contribution >= 4 is 18.9 Å². The number of rotatable bonds is 1. The molecule has 1 aliphatic rings. The first-order valence-corrected chi connectivity index (χ1v) is 5.98. The Labute approximate surface area is 103 Å². The minimum atomic E-state index is -0.468. The summed E-state index contributed by atoms with van der Waals surface area (Å²) in [5.41, 5.74) is 0.0621. The molecule has 0 aromatic rings. The second-order valence-corrected chi connectivity index (χ2v) is 5.95. The summed E-state index contributed by atoms with van der Waals surface area (Å²) in [6.07, 6.45) is 1.17. The van der Waals surface area contributed by atoms with Gasteiger partial charge in [-0.1, -0.05) is 12.8 Å². The summed E-state index contributed by atoms with van der Waals surface area (Å²) < 4.78 is 7.50. The molecule has 5 heteroatoms. The number of likely N-dealkylation sites (tertiary alicyclic amines) is 1. The SMILES string of the molecule is CN1C(C)(C)CC(OC(=O)NS)CC1(C)C. The van der Waals surface area contributed by atoms with Gasteiger partial charge in [-0.2, -0.15) is 0 Å². The lowest BCUT2D eigenvalue weighted by Gasteiger charge is -2.53. The van der Waals surface area contributed by atoms with Crippen LogP contribution in [0.5, 0.6) is 0 Å². The monoisotopic (exact) mass is 246 g/mol. The Morgan fingerprint density at radius 3 is 2.12 bits per heavy atom. The molecule has 0 atom stereocenters. The van der Waals surface area contributed by atoms with Crippen molar-refractivity contribution in [3.05, 3.63) is 0 Å². The van der Waals surface area contributed by atoms with Crippen LogP contribution in [0.25, 0.3) is 0 Å². The first kappa shape index (κ1) is 13.6. The molecule has 0 aliphatic carbocycles. The average molecular weight is 246 g/mol. The molecular weight excluding hydrogens is 224 g/mol. The van der Waals surface area contributed by atoms with E-state index in [1.807, 2.05) is 0 Å². The van der Waals surface area contributed by atoms with Gasteiger partial charge in [0, 0.05) is 23.9 Å². The highest BCUT2D eigenvalue weighted by Gasteiger charge is 2.44. The van der Waals surface area contributed by atoms with Crippen LogP contribution in [0, 0.1) is 0 Å². The van der Waals surface area contributed by atoms with Gasteiger partial charge in [-0.15, -0.1) is 0 Å². The van der Waals surface area contributed by atoms with Gasteiger partial charge >= 0.3 is 6.09 Å². The molecule has 16 heavy (non-hydrogen) atoms. The normalized spacial score (nSPS) is 25.1. The van der Waals surface area contributed by atoms with E-state index < -0.39 is 6.09 Å². The molecule has 1 N–H and O–H groups in total. The Bertz CT molecular complexity index is 261. The Morgan fingerprint density at radius 1 is 1.31 bits per heavy atom. The van der Waals surface area contributed by atoms with Gasteiger partial charge in [-0.3, -0.25) is 9.62 Å². The maximum absolute atomic E-state index is 11.2. The lowest BCUT2D eigenvalue weighted by molar-refractivity contribution is -0.0672. The van der Waals surface area contributed by atoms with Gasteiger partial charge in [0.2, 0.25) is 0 Å². The van der Waals surface area contributed by atoms with Crippen LogP contribution >= 0.6 is 12.8 Å². The molecule has 0 unspecified atom stereocenters. The third-order valence-corrected chi connectivity index (χ3v) is 3.82. The molecule has 0 spiro atoms. The van der Waals surface area contributed by atoms with E-state index in [4.69, 9.17) is 4.74 Å². The number of nitrogens with one attached hydrogen (secondary N) is 1. The van der Waals surface area contributed by atoms with Crippen LogP contribution in [-0.2, 0) is 4.74 Å². The van der Waals surface area contributed by atoms with Crippen LogP contribution in [0.3, 0.4) is 0 Å². The van der Waals surface area contributed by atoms with Crippen molar-refractivity contribution in [3.8, 4) is 0 Å². The Balaban J connectivity index is 2.75. The molecule has 1 aliphatic heterocycles. The smallest absolute Gasteiger partial charge is 0.417 e. The zero-order valence-corrected chi connectivity index (χ0v) is 11.6. The fourth-order valence-corrected chi connectivity index (χ4v) is 2.59. The standard InChI is InChI=1S/C11H22N2O2S/c1-10(2)6-8(15-9(14)12-16)7-11(3,4)13(10)5/h8,16H,6-7H2,1-5H3,(H,12,14). The van der Waals surface area contributed by atoms with E-state index in [2.05, 4.69) is 57.2 Å². The molecule has 1 fully saturated rings. The van der Waals surface area contributed by atoms with Crippen LogP contribution in [0.15, 0.2) is 0 Å². The van der Waals surface area contributed by atoms with Gasteiger partial charge in [0.15, 0.2) is 0 Å². The minimum Gasteiger partial charge on any atom is -0.445 e. The highest BCUT2D eigenvalue weighted by molar-refractivity contribution is 7.78. The quantitative estimate of drug-likeness (QED) is 0.697. The zero-order valence-electron chi connectivity index (χ0n) is 10.7. The van der Waals surface area contributed by atoms with E-state index in [-0.39, 0.29) is 17.2 Å². The van der Waals surface area contributed by atoms with Crippen molar-refractivity contribution in [2.45, 2.75) is 57.7 Å². The molecule has 1 rings (SSSR count). The lowest BCUT2D eigenvalue weighted by Crippen LogP contribution is -2.60. The topological polar surface area (TPSA) is 41.6 Å². The molecule has 0 bridgehead atoms. The summed E-state index contributed by atoms with van der Waals surface area (Å²) in [6, 6.07) is 0. The molecule has 0 radical (unpaired) electrons. The van der Waals surface area contributed by atoms with Gasteiger partial charge in [0.1, 0.15) is 6.10 Å². The van der Waals surface area contributed by atoms with E-state index in [0.29, 0.717) is 0 Å². The predicted octanol–water partition coefficient (Wildman–Crippen LogP) is 2.21. The van der Waals surface area contributed by atoms with Crippen molar-refractivity contribution in [1.29, 1.82) is 0 Å². The summed E-state index contributed by atoms with van der Waals surface area (Å²) in [6.45, 7) is 8.68. The van der Waals surface area contributed by atoms with Crippen LogP contribution < -0.4 is 4.72 Å². The molecule has 1 heterocycles. The van der Waals surface area contributed by atoms with E-state index in [1.165, 1.54) is 0 Å². The van der Waals surface area contributed by atoms with Crippen LogP contribution in [0.1, 0.15) is 40.5 Å². The number of piperidine rings is 1. The number of nitrogens with zero attached hydrogens (tertiary/aromatic N) is 1. The predicted molar refractivity (Wildman–Crippen MR) is 67.5 cm³/mol. The number of carbonyl (C=O) groups is 1. The first-order chi connectivity index (χ1) is 7.19. The number of amides is 1. The van der Waals surface area contributed by atoms with Crippen LogP contribution in [0.2, 0.25) is 0 Å². The summed E-state index contributed by atoms with van der Waals surface area (Å²) >= 11 is 3.68. The van der Waals surface area contributed by atoms with Crippen molar-refractivity contribution in [2.75, 3.05) is 7.05 Å². The number of thiol groups is 1. The van der Waals surface area contributed by atoms with E-state index in [9.17, 15) is 4.79 Å². The van der Waals surface area contributed by atoms with Gasteiger partial charge in [-0.05, 0) is 34.7 Å². The van der Waals surface area contributed by atoms with Gasteiger partial charge < -0.3 is 4.74 Å². The molecule has 0 aromatic heterocycles. The third-order valence-electron chi connectivity index (χ3n) is 3.64. The first-order valence-electron chi connectivity index (χ1n) is 5.54. The van der Waals surface area contributed by atoms with Crippen molar-refractivity contribution in [2.24, 2.45) is 0 Å². The second-order valence-electron chi connectivity index (χ2n) is 5.73. The van der Waals surface area contributed by atoms with E-state index in [0.717, 1.165) is 12.8 Å². The Hall–Kier alpha value is -0.420. The van der Waals surface area contributed by atoms with Crippen LogP contribution in [-0.4, -0.2) is 35.2 Å². The molecule has 0 aromatic carbocycles. The molecule has 4 nitrogen and oxygen atoms in total. The molecule has 1 saturated heterocycles. The lowest BCUT2D eigenvalue weighted by atomic mass is 9.79. The zero-order chi connectivity index (χ0) is 12.6. The Morgan fingerprint density at radius 2 is 1.75 bits per heavy atom. The molecule has 94 valence electrons. The maximum atomic E-state index is 11.2. The van der Waals surface area contributed by atoms with Gasteiger partial charge in [0.05, 0.1) is 0 Å². The summed E-state index contributed by atoms with van der Waals surface area (Å²) in [5, 5.41) is 0. The third kappa shape index (κ3) is 2.83. The van der Waals surface area contributed by atoms with Gasteiger partial charge in [-0.25, -0.2) is 4.79 Å². The fourth-order valence-electron chi connectivity index (χ4n) is 2.54. The van der Waals surface area contributed by atoms with E-state index >= 15 is 0 Å². The van der Waals surface area contributed by atoms with Crippen molar-refractivity contribution in [1.82, 2.24) is 9.62 Å². The minimum absolute atomic E-state index is 0.0310. The summed E-state index contributed by atoms with van der Waals surface area (Å²) in [4.78, 5) is 13.5. The van der Waals surface area contributed by atoms with Crippen molar-refractivity contribution < 1.29 is 9.53 Å². The highest BCUT2D eigenvalue weighted by Crippen LogP contribution is 2.37. The summed E-state index contributed by atoms with van der Waals surface area (Å²) in [5.74, 6) is 0. The molecule has 0 saturated carbocycles. The fraction of sp³-hybridized carbons (Fsp3) is 0.909. The number of carbonyl (C=O) groups excluding carboxylic acids is 1.